The minimum absolute atomic E-state index is 0.395. The van der Waals surface area contributed by atoms with Crippen molar-refractivity contribution in [2.45, 2.75) is 13.8 Å². The van der Waals surface area contributed by atoms with Gasteiger partial charge in [0.1, 0.15) is 11.5 Å². The highest BCUT2D eigenvalue weighted by molar-refractivity contribution is 6.33. The standard InChI is InChI=1S/C15H13ClO2/c1-10-5-11(2)7-14(6-10)18-13-4-3-12(9-17)15(16)8-13/h3-9H,1-2H3. The summed E-state index contributed by atoms with van der Waals surface area (Å²) >= 11 is 5.95. The predicted octanol–water partition coefficient (Wildman–Crippen LogP) is 4.56. The molecule has 2 aromatic rings. The first-order valence-electron chi connectivity index (χ1n) is 5.59. The Morgan fingerprint density at radius 2 is 1.67 bits per heavy atom. The summed E-state index contributed by atoms with van der Waals surface area (Å²) in [6.45, 7) is 4.03. The lowest BCUT2D eigenvalue weighted by molar-refractivity contribution is 0.112. The van der Waals surface area contributed by atoms with Crippen LogP contribution in [0.5, 0.6) is 11.5 Å². The Balaban J connectivity index is 2.28. The van der Waals surface area contributed by atoms with Crippen LogP contribution < -0.4 is 4.74 Å². The molecule has 0 fully saturated rings. The molecule has 0 amide bonds. The Morgan fingerprint density at radius 1 is 1.00 bits per heavy atom. The summed E-state index contributed by atoms with van der Waals surface area (Å²) in [6, 6.07) is 11.0. The third-order valence-electron chi connectivity index (χ3n) is 2.53. The molecule has 0 unspecified atom stereocenters. The van der Waals surface area contributed by atoms with Gasteiger partial charge < -0.3 is 4.74 Å². The zero-order chi connectivity index (χ0) is 13.1. The fourth-order valence-electron chi connectivity index (χ4n) is 1.79. The van der Waals surface area contributed by atoms with Gasteiger partial charge in [-0.05, 0) is 49.2 Å². The smallest absolute Gasteiger partial charge is 0.151 e. The minimum Gasteiger partial charge on any atom is -0.457 e. The molecule has 18 heavy (non-hydrogen) atoms. The lowest BCUT2D eigenvalue weighted by Crippen LogP contribution is -1.88. The molecule has 0 radical (unpaired) electrons. The Bertz CT molecular complexity index is 571. The van der Waals surface area contributed by atoms with Crippen molar-refractivity contribution >= 4 is 17.9 Å². The maximum atomic E-state index is 10.7. The predicted molar refractivity (Wildman–Crippen MR) is 72.8 cm³/mol. The number of halogens is 1. The highest BCUT2D eigenvalue weighted by atomic mass is 35.5. The van der Waals surface area contributed by atoms with Gasteiger partial charge in [0.05, 0.1) is 5.02 Å². The molecule has 0 heterocycles. The fraction of sp³-hybridized carbons (Fsp3) is 0.133. The summed E-state index contributed by atoms with van der Waals surface area (Å²) in [5.74, 6) is 1.39. The van der Waals surface area contributed by atoms with Crippen molar-refractivity contribution in [2.24, 2.45) is 0 Å². The molecule has 0 spiro atoms. The van der Waals surface area contributed by atoms with E-state index in [1.165, 1.54) is 0 Å². The van der Waals surface area contributed by atoms with E-state index in [4.69, 9.17) is 16.3 Å². The second-order valence-electron chi connectivity index (χ2n) is 4.23. The quantitative estimate of drug-likeness (QED) is 0.756. The summed E-state index contributed by atoms with van der Waals surface area (Å²) in [5.41, 5.74) is 2.74. The lowest BCUT2D eigenvalue weighted by atomic mass is 10.1. The molecule has 0 atom stereocenters. The van der Waals surface area contributed by atoms with Crippen LogP contribution in [0.1, 0.15) is 21.5 Å². The van der Waals surface area contributed by atoms with Crippen LogP contribution >= 0.6 is 11.6 Å². The van der Waals surface area contributed by atoms with Crippen LogP contribution in [0.3, 0.4) is 0 Å². The van der Waals surface area contributed by atoms with E-state index < -0.39 is 0 Å². The van der Waals surface area contributed by atoms with Crippen LogP contribution in [-0.2, 0) is 0 Å². The van der Waals surface area contributed by atoms with Crippen molar-refractivity contribution in [3.05, 3.63) is 58.1 Å². The molecule has 0 aliphatic carbocycles. The number of hydrogen-bond acceptors (Lipinski definition) is 2. The van der Waals surface area contributed by atoms with Gasteiger partial charge in [-0.15, -0.1) is 0 Å². The molecule has 0 aliphatic rings. The summed E-state index contributed by atoms with van der Waals surface area (Å²) in [6.07, 6.45) is 0.725. The van der Waals surface area contributed by atoms with Gasteiger partial charge in [0.15, 0.2) is 6.29 Å². The van der Waals surface area contributed by atoms with Gasteiger partial charge in [-0.3, -0.25) is 4.79 Å². The van der Waals surface area contributed by atoms with Gasteiger partial charge in [-0.1, -0.05) is 17.7 Å². The minimum atomic E-state index is 0.395. The molecule has 3 heteroatoms. The van der Waals surface area contributed by atoms with Crippen molar-refractivity contribution in [1.82, 2.24) is 0 Å². The maximum Gasteiger partial charge on any atom is 0.151 e. The van der Waals surface area contributed by atoms with Gasteiger partial charge in [-0.2, -0.15) is 0 Å². The molecule has 0 bridgehead atoms. The topological polar surface area (TPSA) is 26.3 Å². The zero-order valence-corrected chi connectivity index (χ0v) is 11.0. The van der Waals surface area contributed by atoms with Crippen LogP contribution in [0.2, 0.25) is 5.02 Å². The average molecular weight is 261 g/mol. The van der Waals surface area contributed by atoms with E-state index >= 15 is 0 Å². The number of rotatable bonds is 3. The molecular formula is C15H13ClO2. The second kappa shape index (κ2) is 5.23. The number of aryl methyl sites for hydroxylation is 2. The second-order valence-corrected chi connectivity index (χ2v) is 4.63. The zero-order valence-electron chi connectivity index (χ0n) is 10.2. The monoisotopic (exact) mass is 260 g/mol. The Kier molecular flexibility index (Phi) is 3.68. The van der Waals surface area contributed by atoms with Gasteiger partial charge >= 0.3 is 0 Å². The van der Waals surface area contributed by atoms with E-state index in [1.54, 1.807) is 18.2 Å². The number of carbonyl (C=O) groups is 1. The maximum absolute atomic E-state index is 10.7. The van der Waals surface area contributed by atoms with E-state index in [0.717, 1.165) is 23.2 Å². The first kappa shape index (κ1) is 12.7. The van der Waals surface area contributed by atoms with Crippen LogP contribution in [0, 0.1) is 13.8 Å². The third-order valence-corrected chi connectivity index (χ3v) is 2.86. The molecule has 0 N–H and O–H groups in total. The van der Waals surface area contributed by atoms with Gasteiger partial charge in [0.2, 0.25) is 0 Å². The van der Waals surface area contributed by atoms with Gasteiger partial charge in [0, 0.05) is 11.6 Å². The van der Waals surface area contributed by atoms with E-state index in [1.807, 2.05) is 26.0 Å². The highest BCUT2D eigenvalue weighted by Gasteiger charge is 2.03. The van der Waals surface area contributed by atoms with E-state index in [2.05, 4.69) is 6.07 Å². The molecule has 2 rings (SSSR count). The van der Waals surface area contributed by atoms with Gasteiger partial charge in [0.25, 0.3) is 0 Å². The Labute approximate surface area is 111 Å². The molecule has 0 saturated carbocycles. The average Bonchev–Trinajstić information content (AvgIpc) is 2.27. The number of hydrogen-bond donors (Lipinski definition) is 0. The van der Waals surface area contributed by atoms with Crippen molar-refractivity contribution < 1.29 is 9.53 Å². The molecular weight excluding hydrogens is 248 g/mol. The van der Waals surface area contributed by atoms with Gasteiger partial charge in [-0.25, -0.2) is 0 Å². The number of aldehydes is 1. The van der Waals surface area contributed by atoms with Crippen molar-refractivity contribution in [3.63, 3.8) is 0 Å². The Morgan fingerprint density at radius 3 is 2.22 bits per heavy atom. The van der Waals surface area contributed by atoms with Crippen molar-refractivity contribution in [1.29, 1.82) is 0 Å². The van der Waals surface area contributed by atoms with E-state index in [0.29, 0.717) is 16.3 Å². The van der Waals surface area contributed by atoms with Crippen molar-refractivity contribution in [2.75, 3.05) is 0 Å². The highest BCUT2D eigenvalue weighted by Crippen LogP contribution is 2.27. The molecule has 0 aromatic heterocycles. The first-order valence-corrected chi connectivity index (χ1v) is 5.97. The third kappa shape index (κ3) is 2.90. The molecule has 92 valence electrons. The summed E-state index contributed by atoms with van der Waals surface area (Å²) in [4.78, 5) is 10.7. The normalized spacial score (nSPS) is 10.2. The summed E-state index contributed by atoms with van der Waals surface area (Å²) < 4.78 is 5.72. The molecule has 0 saturated heterocycles. The largest absolute Gasteiger partial charge is 0.457 e. The fourth-order valence-corrected chi connectivity index (χ4v) is 2.01. The number of carbonyl (C=O) groups excluding carboxylic acids is 1. The Hall–Kier alpha value is -1.80. The van der Waals surface area contributed by atoms with Crippen molar-refractivity contribution in [3.8, 4) is 11.5 Å². The van der Waals surface area contributed by atoms with Crippen LogP contribution in [0.15, 0.2) is 36.4 Å². The molecule has 0 aliphatic heterocycles. The van der Waals surface area contributed by atoms with Crippen LogP contribution in [0.25, 0.3) is 0 Å². The molecule has 2 nitrogen and oxygen atoms in total. The summed E-state index contributed by atoms with van der Waals surface area (Å²) in [5, 5.41) is 0.395. The van der Waals surface area contributed by atoms with E-state index in [9.17, 15) is 4.79 Å². The van der Waals surface area contributed by atoms with E-state index in [-0.39, 0.29) is 0 Å². The molecule has 2 aromatic carbocycles. The van der Waals surface area contributed by atoms with Crippen LogP contribution in [0.4, 0.5) is 0 Å². The number of benzene rings is 2. The number of ether oxygens (including phenoxy) is 1. The lowest BCUT2D eigenvalue weighted by Gasteiger charge is -2.08. The summed E-state index contributed by atoms with van der Waals surface area (Å²) in [7, 11) is 0. The first-order chi connectivity index (χ1) is 8.58. The SMILES string of the molecule is Cc1cc(C)cc(Oc2ccc(C=O)c(Cl)c2)c1. The van der Waals surface area contributed by atoms with Crippen LogP contribution in [-0.4, -0.2) is 6.29 Å².